The zero-order valence-electron chi connectivity index (χ0n) is 12.3. The Morgan fingerprint density at radius 3 is 2.50 bits per heavy atom. The van der Waals surface area contributed by atoms with Crippen LogP contribution in [0.1, 0.15) is 19.3 Å². The van der Waals surface area contributed by atoms with Crippen LogP contribution in [0.3, 0.4) is 0 Å². The maximum Gasteiger partial charge on any atom is 0.308 e. The fourth-order valence-corrected chi connectivity index (χ4v) is 2.89. The van der Waals surface area contributed by atoms with E-state index in [0.717, 1.165) is 39.1 Å². The molecular formula is C14H25N3O3. The van der Waals surface area contributed by atoms with Crippen LogP contribution in [0.15, 0.2) is 0 Å². The SMILES string of the molecule is CN1CCN(CCC(=O)N2CCCC(C(=O)O)C2)CC1. The maximum atomic E-state index is 12.2. The standard InChI is InChI=1S/C14H25N3O3/c1-15-7-9-16(10-8-15)6-4-13(18)17-5-2-3-12(11-17)14(19)20/h12H,2-11H2,1H3,(H,19,20). The molecule has 2 aliphatic rings. The molecule has 0 radical (unpaired) electrons. The second kappa shape index (κ2) is 7.04. The number of likely N-dealkylation sites (tertiary alicyclic amines) is 1. The number of amides is 1. The van der Waals surface area contributed by atoms with Crippen LogP contribution in [0, 0.1) is 5.92 Å². The second-order valence-corrected chi connectivity index (χ2v) is 5.91. The fourth-order valence-electron chi connectivity index (χ4n) is 2.89. The Morgan fingerprint density at radius 2 is 1.85 bits per heavy atom. The van der Waals surface area contributed by atoms with Gasteiger partial charge in [-0.1, -0.05) is 0 Å². The Morgan fingerprint density at radius 1 is 1.15 bits per heavy atom. The van der Waals surface area contributed by atoms with Crippen LogP contribution >= 0.6 is 0 Å². The lowest BCUT2D eigenvalue weighted by molar-refractivity contribution is -0.145. The van der Waals surface area contributed by atoms with Gasteiger partial charge in [-0.05, 0) is 19.9 Å². The van der Waals surface area contributed by atoms with Gasteiger partial charge in [-0.2, -0.15) is 0 Å². The van der Waals surface area contributed by atoms with Crippen LogP contribution < -0.4 is 0 Å². The highest BCUT2D eigenvalue weighted by molar-refractivity contribution is 5.78. The average molecular weight is 283 g/mol. The molecule has 6 heteroatoms. The van der Waals surface area contributed by atoms with Crippen LogP contribution in [0.4, 0.5) is 0 Å². The van der Waals surface area contributed by atoms with Gasteiger partial charge < -0.3 is 19.8 Å². The first-order valence-corrected chi connectivity index (χ1v) is 7.47. The van der Waals surface area contributed by atoms with Crippen molar-refractivity contribution in [1.82, 2.24) is 14.7 Å². The summed E-state index contributed by atoms with van der Waals surface area (Å²) < 4.78 is 0. The highest BCUT2D eigenvalue weighted by Crippen LogP contribution is 2.17. The first-order valence-electron chi connectivity index (χ1n) is 7.47. The third-order valence-corrected chi connectivity index (χ3v) is 4.36. The van der Waals surface area contributed by atoms with E-state index in [2.05, 4.69) is 16.8 Å². The van der Waals surface area contributed by atoms with Crippen LogP contribution in [-0.4, -0.2) is 84.5 Å². The number of hydrogen-bond donors (Lipinski definition) is 1. The molecule has 1 amide bonds. The van der Waals surface area contributed by atoms with Gasteiger partial charge in [0.1, 0.15) is 0 Å². The molecule has 0 aromatic heterocycles. The van der Waals surface area contributed by atoms with Gasteiger partial charge in [0.2, 0.25) is 5.91 Å². The van der Waals surface area contributed by atoms with E-state index in [0.29, 0.717) is 25.9 Å². The summed E-state index contributed by atoms with van der Waals surface area (Å²) in [7, 11) is 2.11. The van der Waals surface area contributed by atoms with Crippen LogP contribution in [-0.2, 0) is 9.59 Å². The summed E-state index contributed by atoms with van der Waals surface area (Å²) in [6, 6.07) is 0. The van der Waals surface area contributed by atoms with Gasteiger partial charge in [0.15, 0.2) is 0 Å². The van der Waals surface area contributed by atoms with Crippen molar-refractivity contribution in [3.05, 3.63) is 0 Å². The van der Waals surface area contributed by atoms with E-state index >= 15 is 0 Å². The normalized spacial score (nSPS) is 25.6. The third-order valence-electron chi connectivity index (χ3n) is 4.36. The highest BCUT2D eigenvalue weighted by Gasteiger charge is 2.28. The predicted molar refractivity (Wildman–Crippen MR) is 75.5 cm³/mol. The molecule has 114 valence electrons. The smallest absolute Gasteiger partial charge is 0.308 e. The number of rotatable bonds is 4. The summed E-state index contributed by atoms with van der Waals surface area (Å²) in [5, 5.41) is 9.05. The van der Waals surface area contributed by atoms with Crippen molar-refractivity contribution in [3.63, 3.8) is 0 Å². The Hall–Kier alpha value is -1.14. The molecular weight excluding hydrogens is 258 g/mol. The minimum Gasteiger partial charge on any atom is -0.481 e. The molecule has 2 heterocycles. The van der Waals surface area contributed by atoms with Crippen molar-refractivity contribution in [2.45, 2.75) is 19.3 Å². The molecule has 0 spiro atoms. The van der Waals surface area contributed by atoms with Gasteiger partial charge in [0.05, 0.1) is 5.92 Å². The zero-order chi connectivity index (χ0) is 14.5. The third kappa shape index (κ3) is 4.18. The Kier molecular flexibility index (Phi) is 5.37. The molecule has 2 saturated heterocycles. The monoisotopic (exact) mass is 283 g/mol. The number of carbonyl (C=O) groups excluding carboxylic acids is 1. The highest BCUT2D eigenvalue weighted by atomic mass is 16.4. The van der Waals surface area contributed by atoms with E-state index in [-0.39, 0.29) is 11.8 Å². The molecule has 1 unspecified atom stereocenters. The van der Waals surface area contributed by atoms with E-state index in [9.17, 15) is 9.59 Å². The van der Waals surface area contributed by atoms with Crippen molar-refractivity contribution in [3.8, 4) is 0 Å². The first-order chi connectivity index (χ1) is 9.56. The molecule has 0 bridgehead atoms. The topological polar surface area (TPSA) is 64.1 Å². The summed E-state index contributed by atoms with van der Waals surface area (Å²) in [5.74, 6) is -1.05. The van der Waals surface area contributed by atoms with E-state index < -0.39 is 5.97 Å². The molecule has 20 heavy (non-hydrogen) atoms. The van der Waals surface area contributed by atoms with Crippen LogP contribution in [0.5, 0.6) is 0 Å². The minimum absolute atomic E-state index is 0.106. The van der Waals surface area contributed by atoms with E-state index in [1.165, 1.54) is 0 Å². The number of aliphatic carboxylic acids is 1. The van der Waals surface area contributed by atoms with Crippen molar-refractivity contribution < 1.29 is 14.7 Å². The summed E-state index contributed by atoms with van der Waals surface area (Å²) in [6.07, 6.45) is 2.00. The summed E-state index contributed by atoms with van der Waals surface area (Å²) >= 11 is 0. The van der Waals surface area contributed by atoms with Gasteiger partial charge >= 0.3 is 5.97 Å². The molecule has 1 atom stereocenters. The number of hydrogen-bond acceptors (Lipinski definition) is 4. The quantitative estimate of drug-likeness (QED) is 0.783. The largest absolute Gasteiger partial charge is 0.481 e. The van der Waals surface area contributed by atoms with Gasteiger partial charge in [-0.3, -0.25) is 9.59 Å². The minimum atomic E-state index is -0.776. The number of carboxylic acid groups (broad SMARTS) is 1. The Balaban J connectivity index is 1.73. The number of carbonyl (C=O) groups is 2. The van der Waals surface area contributed by atoms with Crippen molar-refractivity contribution >= 4 is 11.9 Å². The molecule has 2 fully saturated rings. The van der Waals surface area contributed by atoms with Crippen LogP contribution in [0.25, 0.3) is 0 Å². The van der Waals surface area contributed by atoms with Crippen molar-refractivity contribution in [2.75, 3.05) is 52.9 Å². The molecule has 0 saturated carbocycles. The van der Waals surface area contributed by atoms with Crippen molar-refractivity contribution in [1.29, 1.82) is 0 Å². The maximum absolute atomic E-state index is 12.2. The van der Waals surface area contributed by atoms with Gasteiger partial charge in [0.25, 0.3) is 0 Å². The zero-order valence-corrected chi connectivity index (χ0v) is 12.3. The average Bonchev–Trinajstić information content (AvgIpc) is 2.46. The Labute approximate surface area is 120 Å². The van der Waals surface area contributed by atoms with Gasteiger partial charge in [-0.25, -0.2) is 0 Å². The molecule has 1 N–H and O–H groups in total. The number of likely N-dealkylation sites (N-methyl/N-ethyl adjacent to an activating group) is 1. The number of nitrogens with zero attached hydrogens (tertiary/aromatic N) is 3. The lowest BCUT2D eigenvalue weighted by atomic mass is 9.98. The predicted octanol–water partition coefficient (Wildman–Crippen LogP) is -0.0529. The summed E-state index contributed by atoms with van der Waals surface area (Å²) in [5.41, 5.74) is 0. The van der Waals surface area contributed by atoms with Crippen molar-refractivity contribution in [2.24, 2.45) is 5.92 Å². The molecule has 0 aromatic rings. The Bertz CT molecular complexity index is 354. The number of piperidine rings is 1. The summed E-state index contributed by atoms with van der Waals surface area (Å²) in [6.45, 7) is 6.03. The second-order valence-electron chi connectivity index (χ2n) is 5.91. The van der Waals surface area contributed by atoms with E-state index in [1.807, 2.05) is 0 Å². The molecule has 0 aliphatic carbocycles. The number of piperazine rings is 1. The fraction of sp³-hybridized carbons (Fsp3) is 0.857. The van der Waals surface area contributed by atoms with Gasteiger partial charge in [0, 0.05) is 52.2 Å². The van der Waals surface area contributed by atoms with E-state index in [1.54, 1.807) is 4.90 Å². The first kappa shape index (κ1) is 15.3. The molecule has 6 nitrogen and oxygen atoms in total. The molecule has 2 aliphatic heterocycles. The summed E-state index contributed by atoms with van der Waals surface area (Å²) in [4.78, 5) is 29.5. The van der Waals surface area contributed by atoms with Gasteiger partial charge in [-0.15, -0.1) is 0 Å². The molecule has 2 rings (SSSR count). The van der Waals surface area contributed by atoms with E-state index in [4.69, 9.17) is 5.11 Å². The molecule has 0 aromatic carbocycles. The lowest BCUT2D eigenvalue weighted by Crippen LogP contribution is -2.47. The number of carboxylic acids is 1. The lowest BCUT2D eigenvalue weighted by Gasteiger charge is -2.34. The van der Waals surface area contributed by atoms with Crippen LogP contribution in [0.2, 0.25) is 0 Å².